The molecule has 0 amide bonds. The lowest BCUT2D eigenvalue weighted by Crippen LogP contribution is -2.05. The van der Waals surface area contributed by atoms with Crippen molar-refractivity contribution >= 4 is 0 Å². The predicted octanol–water partition coefficient (Wildman–Crippen LogP) is 4.31. The van der Waals surface area contributed by atoms with Crippen molar-refractivity contribution in [1.82, 2.24) is 5.32 Å². The highest BCUT2D eigenvalue weighted by molar-refractivity contribution is 5.74. The highest BCUT2D eigenvalue weighted by Crippen LogP contribution is 2.31. The predicted molar refractivity (Wildman–Crippen MR) is 83.6 cm³/mol. The van der Waals surface area contributed by atoms with Crippen LogP contribution in [0.5, 0.6) is 0 Å². The van der Waals surface area contributed by atoms with Crippen LogP contribution in [0.1, 0.15) is 27.8 Å². The Hall–Kier alpha value is -1.60. The quantitative estimate of drug-likeness (QED) is 0.859. The largest absolute Gasteiger partial charge is 0.316 e. The molecule has 0 atom stereocenters. The number of hydrogen-bond acceptors (Lipinski definition) is 1. The molecule has 0 aliphatic rings. The Balaban J connectivity index is 2.53. The van der Waals surface area contributed by atoms with Crippen LogP contribution in [0.3, 0.4) is 0 Å². The maximum Gasteiger partial charge on any atom is 0.0202 e. The van der Waals surface area contributed by atoms with Gasteiger partial charge in [-0.05, 0) is 68.1 Å². The first-order chi connectivity index (χ1) is 9.02. The summed E-state index contributed by atoms with van der Waals surface area (Å²) >= 11 is 0. The fraction of sp³-hybridized carbons (Fsp3) is 0.333. The Morgan fingerprint density at radius 1 is 0.842 bits per heavy atom. The van der Waals surface area contributed by atoms with E-state index in [9.17, 15) is 0 Å². The second-order valence-electron chi connectivity index (χ2n) is 5.45. The Kier molecular flexibility index (Phi) is 4.06. The number of aryl methyl sites for hydroxylation is 4. The molecule has 1 nitrogen and oxygen atoms in total. The second-order valence-corrected chi connectivity index (χ2v) is 5.45. The van der Waals surface area contributed by atoms with E-state index in [1.165, 1.54) is 38.9 Å². The van der Waals surface area contributed by atoms with Crippen LogP contribution in [-0.2, 0) is 6.54 Å². The number of rotatable bonds is 3. The van der Waals surface area contributed by atoms with E-state index in [1.54, 1.807) is 0 Å². The summed E-state index contributed by atoms with van der Waals surface area (Å²) in [5, 5.41) is 3.20. The van der Waals surface area contributed by atoms with Crippen LogP contribution in [0.4, 0.5) is 0 Å². The third kappa shape index (κ3) is 2.87. The van der Waals surface area contributed by atoms with Gasteiger partial charge in [0.05, 0.1) is 0 Å². The summed E-state index contributed by atoms with van der Waals surface area (Å²) in [5.74, 6) is 0. The molecule has 0 aliphatic carbocycles. The number of hydrogen-bond donors (Lipinski definition) is 1. The Morgan fingerprint density at radius 3 is 2.00 bits per heavy atom. The van der Waals surface area contributed by atoms with Gasteiger partial charge in [0, 0.05) is 6.54 Å². The van der Waals surface area contributed by atoms with Crippen molar-refractivity contribution in [2.75, 3.05) is 7.05 Å². The molecule has 100 valence electrons. The lowest BCUT2D eigenvalue weighted by molar-refractivity contribution is 0.817. The lowest BCUT2D eigenvalue weighted by atomic mass is 9.90. The van der Waals surface area contributed by atoms with E-state index in [1.807, 2.05) is 7.05 Å². The summed E-state index contributed by atoms with van der Waals surface area (Å²) in [7, 11) is 1.98. The third-order valence-electron chi connectivity index (χ3n) is 3.62. The Morgan fingerprint density at radius 2 is 1.47 bits per heavy atom. The van der Waals surface area contributed by atoms with E-state index in [0.717, 1.165) is 6.54 Å². The molecule has 0 fully saturated rings. The zero-order chi connectivity index (χ0) is 14.0. The van der Waals surface area contributed by atoms with Gasteiger partial charge in [-0.25, -0.2) is 0 Å². The van der Waals surface area contributed by atoms with Gasteiger partial charge in [0.2, 0.25) is 0 Å². The van der Waals surface area contributed by atoms with Gasteiger partial charge in [0.1, 0.15) is 0 Å². The van der Waals surface area contributed by atoms with Crippen molar-refractivity contribution in [3.05, 3.63) is 58.1 Å². The zero-order valence-corrected chi connectivity index (χ0v) is 12.6. The van der Waals surface area contributed by atoms with Gasteiger partial charge in [-0.15, -0.1) is 0 Å². The smallest absolute Gasteiger partial charge is 0.0202 e. The molecule has 0 saturated carbocycles. The highest BCUT2D eigenvalue weighted by Gasteiger charge is 2.09. The van der Waals surface area contributed by atoms with Crippen LogP contribution in [0, 0.1) is 27.7 Å². The van der Waals surface area contributed by atoms with Crippen LogP contribution in [0.2, 0.25) is 0 Å². The molecule has 2 rings (SSSR count). The molecule has 0 radical (unpaired) electrons. The van der Waals surface area contributed by atoms with E-state index in [-0.39, 0.29) is 0 Å². The molecule has 0 saturated heterocycles. The molecule has 0 aliphatic heterocycles. The van der Waals surface area contributed by atoms with Crippen molar-refractivity contribution in [2.45, 2.75) is 34.2 Å². The van der Waals surface area contributed by atoms with Gasteiger partial charge in [0.15, 0.2) is 0 Å². The fourth-order valence-electron chi connectivity index (χ4n) is 2.93. The minimum atomic E-state index is 0.924. The van der Waals surface area contributed by atoms with Crippen molar-refractivity contribution < 1.29 is 0 Å². The molecular formula is C18H23N. The molecule has 1 heteroatoms. The molecule has 1 N–H and O–H groups in total. The molecular weight excluding hydrogens is 230 g/mol. The first-order valence-corrected chi connectivity index (χ1v) is 6.85. The van der Waals surface area contributed by atoms with Crippen molar-refractivity contribution in [3.63, 3.8) is 0 Å². The van der Waals surface area contributed by atoms with Crippen LogP contribution >= 0.6 is 0 Å². The molecule has 0 unspecified atom stereocenters. The maximum absolute atomic E-state index is 3.20. The van der Waals surface area contributed by atoms with E-state index >= 15 is 0 Å². The molecule has 2 aromatic rings. The summed E-state index contributed by atoms with van der Waals surface area (Å²) in [4.78, 5) is 0. The summed E-state index contributed by atoms with van der Waals surface area (Å²) in [5.41, 5.74) is 9.50. The second kappa shape index (κ2) is 5.58. The highest BCUT2D eigenvalue weighted by atomic mass is 14.8. The molecule has 0 aromatic heterocycles. The van der Waals surface area contributed by atoms with Gasteiger partial charge >= 0.3 is 0 Å². The van der Waals surface area contributed by atoms with Gasteiger partial charge in [-0.1, -0.05) is 35.9 Å². The lowest BCUT2D eigenvalue weighted by Gasteiger charge is -2.15. The molecule has 2 aromatic carbocycles. The van der Waals surface area contributed by atoms with Gasteiger partial charge < -0.3 is 5.32 Å². The van der Waals surface area contributed by atoms with E-state index in [4.69, 9.17) is 0 Å². The first kappa shape index (κ1) is 13.8. The Bertz CT molecular complexity index is 574. The standard InChI is InChI=1S/C18H23N/c1-12-8-14(3)18(15(4)9-12)17-7-6-16(11-19-5)10-13(17)2/h6-10,19H,11H2,1-5H3. The zero-order valence-electron chi connectivity index (χ0n) is 12.6. The fourth-order valence-corrected chi connectivity index (χ4v) is 2.93. The van der Waals surface area contributed by atoms with Crippen LogP contribution in [0.15, 0.2) is 30.3 Å². The summed E-state index contributed by atoms with van der Waals surface area (Å²) < 4.78 is 0. The van der Waals surface area contributed by atoms with Crippen molar-refractivity contribution in [2.24, 2.45) is 0 Å². The molecule has 19 heavy (non-hydrogen) atoms. The topological polar surface area (TPSA) is 12.0 Å². The molecule has 0 spiro atoms. The van der Waals surface area contributed by atoms with Gasteiger partial charge in [-0.3, -0.25) is 0 Å². The van der Waals surface area contributed by atoms with Crippen LogP contribution in [0.25, 0.3) is 11.1 Å². The number of benzene rings is 2. The van der Waals surface area contributed by atoms with Crippen LogP contribution < -0.4 is 5.32 Å². The van der Waals surface area contributed by atoms with Gasteiger partial charge in [-0.2, -0.15) is 0 Å². The summed E-state index contributed by atoms with van der Waals surface area (Å²) in [6.07, 6.45) is 0. The minimum Gasteiger partial charge on any atom is -0.316 e. The van der Waals surface area contributed by atoms with E-state index in [0.29, 0.717) is 0 Å². The van der Waals surface area contributed by atoms with E-state index < -0.39 is 0 Å². The SMILES string of the molecule is CNCc1ccc(-c2c(C)cc(C)cc2C)c(C)c1. The van der Waals surface area contributed by atoms with Crippen LogP contribution in [-0.4, -0.2) is 7.05 Å². The van der Waals surface area contributed by atoms with Crippen molar-refractivity contribution in [3.8, 4) is 11.1 Å². The summed E-state index contributed by atoms with van der Waals surface area (Å²) in [6, 6.07) is 11.3. The first-order valence-electron chi connectivity index (χ1n) is 6.85. The average Bonchev–Trinajstić information content (AvgIpc) is 2.31. The normalized spacial score (nSPS) is 10.8. The maximum atomic E-state index is 3.20. The molecule has 0 bridgehead atoms. The molecule has 0 heterocycles. The average molecular weight is 253 g/mol. The van der Waals surface area contributed by atoms with Gasteiger partial charge in [0.25, 0.3) is 0 Å². The minimum absolute atomic E-state index is 0.924. The monoisotopic (exact) mass is 253 g/mol. The third-order valence-corrected chi connectivity index (χ3v) is 3.62. The number of nitrogens with one attached hydrogen (secondary N) is 1. The van der Waals surface area contributed by atoms with E-state index in [2.05, 4.69) is 63.3 Å². The Labute approximate surface area is 116 Å². The van der Waals surface area contributed by atoms with Crippen molar-refractivity contribution in [1.29, 1.82) is 0 Å². The summed E-state index contributed by atoms with van der Waals surface area (Å²) in [6.45, 7) is 9.69.